The van der Waals surface area contributed by atoms with E-state index in [2.05, 4.69) is 10.1 Å². The second-order valence-corrected chi connectivity index (χ2v) is 4.67. The van der Waals surface area contributed by atoms with Gasteiger partial charge in [0.15, 0.2) is 11.5 Å². The minimum Gasteiger partial charge on any atom is -0.504 e. The zero-order valence-electron chi connectivity index (χ0n) is 12.1. The lowest BCUT2D eigenvalue weighted by Gasteiger charge is -2.12. The first kappa shape index (κ1) is 16.7. The lowest BCUT2D eigenvalue weighted by Crippen LogP contribution is -2.22. The number of hydrogen-bond donors (Lipinski definition) is 2. The van der Waals surface area contributed by atoms with Crippen molar-refractivity contribution in [2.24, 2.45) is 0 Å². The first-order chi connectivity index (χ1) is 10.8. The highest BCUT2D eigenvalue weighted by Gasteiger charge is 2.32. The highest BCUT2D eigenvalue weighted by molar-refractivity contribution is 5.95. The number of nitrogens with one attached hydrogen (secondary N) is 1. The van der Waals surface area contributed by atoms with Crippen molar-refractivity contribution in [1.82, 2.24) is 5.32 Å². The number of benzene rings is 2. The van der Waals surface area contributed by atoms with Crippen LogP contribution in [-0.4, -0.2) is 23.9 Å². The Morgan fingerprint density at radius 1 is 1.17 bits per heavy atom. The zero-order chi connectivity index (χ0) is 17.0. The summed E-state index contributed by atoms with van der Waals surface area (Å²) in [4.78, 5) is 11.8. The topological polar surface area (TPSA) is 58.6 Å². The van der Waals surface area contributed by atoms with E-state index in [4.69, 9.17) is 0 Å². The molecule has 0 saturated heterocycles. The molecule has 0 saturated carbocycles. The van der Waals surface area contributed by atoms with Crippen LogP contribution in [0.2, 0.25) is 0 Å². The van der Waals surface area contributed by atoms with Crippen LogP contribution in [-0.2, 0) is 0 Å². The molecule has 0 aliphatic carbocycles. The van der Waals surface area contributed by atoms with E-state index in [0.717, 1.165) is 12.1 Å². The molecule has 0 aliphatic rings. The number of phenols is 1. The third-order valence-electron chi connectivity index (χ3n) is 2.98. The molecule has 4 nitrogen and oxygen atoms in total. The Morgan fingerprint density at radius 3 is 2.52 bits per heavy atom. The number of ether oxygens (including phenoxy) is 1. The van der Waals surface area contributed by atoms with E-state index in [-0.39, 0.29) is 5.91 Å². The zero-order valence-corrected chi connectivity index (χ0v) is 12.1. The van der Waals surface area contributed by atoms with E-state index >= 15 is 0 Å². The van der Waals surface area contributed by atoms with Gasteiger partial charge < -0.3 is 15.2 Å². The molecule has 0 fully saturated rings. The molecule has 2 N–H and O–H groups in total. The molecule has 0 atom stereocenters. The number of carbonyl (C=O) groups is 1. The van der Waals surface area contributed by atoms with Gasteiger partial charge in [-0.1, -0.05) is 18.2 Å². The lowest BCUT2D eigenvalue weighted by molar-refractivity contribution is -0.275. The Kier molecular flexibility index (Phi) is 4.78. The summed E-state index contributed by atoms with van der Waals surface area (Å²) < 4.78 is 40.8. The summed E-state index contributed by atoms with van der Waals surface area (Å²) in [5.74, 6) is -1.59. The van der Waals surface area contributed by atoms with Crippen LogP contribution >= 0.6 is 0 Å². The molecule has 0 spiro atoms. The fraction of sp³-hybridized carbons (Fsp3) is 0.188. The second-order valence-electron chi connectivity index (χ2n) is 4.67. The van der Waals surface area contributed by atoms with Crippen LogP contribution in [0.3, 0.4) is 0 Å². The summed E-state index contributed by atoms with van der Waals surface area (Å²) >= 11 is 0. The van der Waals surface area contributed by atoms with E-state index in [1.165, 1.54) is 6.07 Å². The molecular formula is C16H14F3NO3. The Bertz CT molecular complexity index is 714. The molecule has 1 amide bonds. The van der Waals surface area contributed by atoms with Crippen LogP contribution in [0.4, 0.5) is 13.2 Å². The van der Waals surface area contributed by atoms with Crippen molar-refractivity contribution < 1.29 is 27.8 Å². The molecule has 2 rings (SSSR count). The van der Waals surface area contributed by atoms with Gasteiger partial charge >= 0.3 is 6.36 Å². The molecule has 2 aromatic carbocycles. The summed E-state index contributed by atoms with van der Waals surface area (Å²) in [6, 6.07) is 10.0. The normalized spacial score (nSPS) is 11.1. The predicted octanol–water partition coefficient (Wildman–Crippen LogP) is 3.71. The van der Waals surface area contributed by atoms with Gasteiger partial charge in [0, 0.05) is 12.1 Å². The molecular weight excluding hydrogens is 311 g/mol. The van der Waals surface area contributed by atoms with Gasteiger partial charge in [-0.15, -0.1) is 13.2 Å². The smallest absolute Gasteiger partial charge is 0.504 e. The highest BCUT2D eigenvalue weighted by Crippen LogP contribution is 2.35. The van der Waals surface area contributed by atoms with E-state index in [1.807, 2.05) is 0 Å². The number of halogens is 3. The van der Waals surface area contributed by atoms with Gasteiger partial charge in [0.05, 0.1) is 0 Å². The molecule has 0 heterocycles. The van der Waals surface area contributed by atoms with Gasteiger partial charge in [-0.2, -0.15) is 0 Å². The summed E-state index contributed by atoms with van der Waals surface area (Å²) in [5.41, 5.74) is 1.30. The van der Waals surface area contributed by atoms with Crippen molar-refractivity contribution >= 4 is 5.91 Å². The van der Waals surface area contributed by atoms with Gasteiger partial charge in [-0.25, -0.2) is 0 Å². The molecule has 0 aliphatic heterocycles. The Balaban J connectivity index is 2.37. The number of alkyl halides is 3. The number of phenolic OH excluding ortho intramolecular Hbond substituents is 1. The number of amides is 1. The molecule has 122 valence electrons. The Hall–Kier alpha value is -2.70. The van der Waals surface area contributed by atoms with Crippen molar-refractivity contribution in [3.63, 3.8) is 0 Å². The van der Waals surface area contributed by atoms with Crippen molar-refractivity contribution in [1.29, 1.82) is 0 Å². The largest absolute Gasteiger partial charge is 0.573 e. The Morgan fingerprint density at radius 2 is 1.87 bits per heavy atom. The third kappa shape index (κ3) is 4.38. The molecule has 0 aromatic heterocycles. The predicted molar refractivity (Wildman–Crippen MR) is 78.2 cm³/mol. The van der Waals surface area contributed by atoms with Crippen LogP contribution in [0.15, 0.2) is 42.5 Å². The first-order valence-electron chi connectivity index (χ1n) is 6.77. The maximum atomic E-state index is 12.3. The molecule has 0 bridgehead atoms. The molecule has 2 aromatic rings. The van der Waals surface area contributed by atoms with Crippen LogP contribution in [0.5, 0.6) is 11.5 Å². The minimum atomic E-state index is -4.90. The van der Waals surface area contributed by atoms with Crippen LogP contribution in [0.25, 0.3) is 11.1 Å². The van der Waals surface area contributed by atoms with E-state index in [1.54, 1.807) is 31.2 Å². The molecule has 23 heavy (non-hydrogen) atoms. The summed E-state index contributed by atoms with van der Waals surface area (Å²) in [7, 11) is 0. The first-order valence-corrected chi connectivity index (χ1v) is 6.77. The van der Waals surface area contributed by atoms with Gasteiger partial charge in [-0.05, 0) is 42.3 Å². The van der Waals surface area contributed by atoms with Crippen LogP contribution in [0.1, 0.15) is 17.3 Å². The maximum absolute atomic E-state index is 12.3. The second kappa shape index (κ2) is 6.60. The van der Waals surface area contributed by atoms with Crippen LogP contribution < -0.4 is 10.1 Å². The van der Waals surface area contributed by atoms with E-state index in [9.17, 15) is 23.1 Å². The molecule has 7 heteroatoms. The third-order valence-corrected chi connectivity index (χ3v) is 2.98. The fourth-order valence-corrected chi connectivity index (χ4v) is 2.00. The molecule has 0 radical (unpaired) electrons. The average molecular weight is 325 g/mol. The lowest BCUT2D eigenvalue weighted by atomic mass is 10.0. The van der Waals surface area contributed by atoms with Crippen molar-refractivity contribution in [2.45, 2.75) is 13.3 Å². The number of hydrogen-bond acceptors (Lipinski definition) is 3. The van der Waals surface area contributed by atoms with Crippen molar-refractivity contribution in [2.75, 3.05) is 6.54 Å². The van der Waals surface area contributed by atoms with Crippen molar-refractivity contribution in [3.8, 4) is 22.6 Å². The summed E-state index contributed by atoms with van der Waals surface area (Å²) in [6.45, 7) is 2.24. The number of carbonyl (C=O) groups excluding carboxylic acids is 1. The maximum Gasteiger partial charge on any atom is 0.573 e. The number of rotatable bonds is 4. The Labute approximate surface area is 130 Å². The average Bonchev–Trinajstić information content (AvgIpc) is 2.48. The highest BCUT2D eigenvalue weighted by atomic mass is 19.4. The van der Waals surface area contributed by atoms with Gasteiger partial charge in [0.1, 0.15) is 0 Å². The van der Waals surface area contributed by atoms with Crippen LogP contribution in [0, 0.1) is 0 Å². The van der Waals surface area contributed by atoms with E-state index in [0.29, 0.717) is 23.2 Å². The standard InChI is InChI=1S/C16H14F3NO3/c1-2-20-15(22)12-5-3-4-10(8-12)11-6-7-13(21)14(9-11)23-16(17,18)19/h3-9,21H,2H2,1H3,(H,20,22). The SMILES string of the molecule is CCNC(=O)c1cccc(-c2ccc(O)c(OC(F)(F)F)c2)c1. The number of aromatic hydroxyl groups is 1. The summed E-state index contributed by atoms with van der Waals surface area (Å²) in [5, 5.41) is 12.1. The quantitative estimate of drug-likeness (QED) is 0.901. The minimum absolute atomic E-state index is 0.278. The van der Waals surface area contributed by atoms with Crippen molar-refractivity contribution in [3.05, 3.63) is 48.0 Å². The summed E-state index contributed by atoms with van der Waals surface area (Å²) in [6.07, 6.45) is -4.90. The fourth-order valence-electron chi connectivity index (χ4n) is 2.00. The monoisotopic (exact) mass is 325 g/mol. The van der Waals surface area contributed by atoms with E-state index < -0.39 is 17.9 Å². The van der Waals surface area contributed by atoms with Gasteiger partial charge in [0.25, 0.3) is 5.91 Å². The molecule has 0 unspecified atom stereocenters. The van der Waals surface area contributed by atoms with Gasteiger partial charge in [0.2, 0.25) is 0 Å². The van der Waals surface area contributed by atoms with Gasteiger partial charge in [-0.3, -0.25) is 4.79 Å².